The van der Waals surface area contributed by atoms with Gasteiger partial charge >= 0.3 is 0 Å². The summed E-state index contributed by atoms with van der Waals surface area (Å²) in [6, 6.07) is 7.15. The quantitative estimate of drug-likeness (QED) is 0.156. The van der Waals surface area contributed by atoms with Gasteiger partial charge in [-0.1, -0.05) is 26.0 Å². The van der Waals surface area contributed by atoms with Gasteiger partial charge in [0.2, 0.25) is 5.91 Å². The number of halogens is 2. The van der Waals surface area contributed by atoms with Crippen molar-refractivity contribution >= 4 is 47.6 Å². The molecule has 0 unspecified atom stereocenters. The van der Waals surface area contributed by atoms with Gasteiger partial charge in [0.05, 0.1) is 6.54 Å². The first-order valence-corrected chi connectivity index (χ1v) is 11.8. The van der Waals surface area contributed by atoms with Crippen molar-refractivity contribution in [2.45, 2.75) is 57.4 Å². The molecule has 170 valence electrons. The summed E-state index contributed by atoms with van der Waals surface area (Å²) in [5, 5.41) is 6.79. The molecule has 1 aliphatic rings. The van der Waals surface area contributed by atoms with E-state index in [0.29, 0.717) is 23.4 Å². The van der Waals surface area contributed by atoms with E-state index in [9.17, 15) is 9.18 Å². The van der Waals surface area contributed by atoms with Crippen LogP contribution in [0.2, 0.25) is 0 Å². The Morgan fingerprint density at radius 2 is 1.90 bits per heavy atom. The minimum Gasteiger partial charge on any atom is -0.357 e. The smallest absolute Gasteiger partial charge is 0.225 e. The number of hydrogen-bond donors (Lipinski definition) is 2. The van der Waals surface area contributed by atoms with Gasteiger partial charge in [-0.15, -0.1) is 35.7 Å². The molecule has 1 heterocycles. The van der Waals surface area contributed by atoms with Gasteiger partial charge in [-0.25, -0.2) is 4.39 Å². The third-order valence-corrected chi connectivity index (χ3v) is 6.31. The molecule has 2 N–H and O–H groups in total. The van der Waals surface area contributed by atoms with Crippen LogP contribution in [0.1, 0.15) is 46.5 Å². The zero-order chi connectivity index (χ0) is 21.1. The largest absolute Gasteiger partial charge is 0.357 e. The Morgan fingerprint density at radius 3 is 2.50 bits per heavy atom. The van der Waals surface area contributed by atoms with Crippen molar-refractivity contribution in [3.8, 4) is 0 Å². The molecule has 1 aromatic rings. The number of nitrogens with zero attached hydrogens (tertiary/aromatic N) is 2. The normalized spacial score (nSPS) is 15.1. The maximum atomic E-state index is 13.7. The zero-order valence-electron chi connectivity index (χ0n) is 18.3. The fourth-order valence-corrected chi connectivity index (χ4v) is 4.31. The van der Waals surface area contributed by atoms with Gasteiger partial charge in [-0.3, -0.25) is 9.79 Å². The Balaban J connectivity index is 0.00000450. The van der Waals surface area contributed by atoms with Crippen molar-refractivity contribution in [2.75, 3.05) is 31.9 Å². The predicted octanol–water partition coefficient (Wildman–Crippen LogP) is 4.52. The van der Waals surface area contributed by atoms with Crippen molar-refractivity contribution in [3.05, 3.63) is 30.1 Å². The number of thioether (sulfide) groups is 1. The molecule has 1 aliphatic heterocycles. The molecule has 0 atom stereocenters. The minimum atomic E-state index is -0.179. The monoisotopic (exact) mass is 550 g/mol. The first-order chi connectivity index (χ1) is 14.1. The molecular formula is C22H36FIN4OS. The SMILES string of the molecule is CCNC(=NCCSc1ccccc1F)NC1CCN(C(=O)C(CC)CC)CC1.I. The molecule has 8 heteroatoms. The Bertz CT molecular complexity index is 664. The molecule has 5 nitrogen and oxygen atoms in total. The molecule has 0 aliphatic carbocycles. The lowest BCUT2D eigenvalue weighted by Gasteiger charge is -2.34. The summed E-state index contributed by atoms with van der Waals surface area (Å²) in [6.07, 6.45) is 3.69. The molecule has 1 aromatic carbocycles. The topological polar surface area (TPSA) is 56.7 Å². The second kappa shape index (κ2) is 14.9. The summed E-state index contributed by atoms with van der Waals surface area (Å²) in [5.41, 5.74) is 0. The van der Waals surface area contributed by atoms with Crippen molar-refractivity contribution < 1.29 is 9.18 Å². The number of hydrogen-bond acceptors (Lipinski definition) is 3. The van der Waals surface area contributed by atoms with Crippen LogP contribution in [-0.2, 0) is 4.79 Å². The molecule has 1 fully saturated rings. The number of benzene rings is 1. The third-order valence-electron chi connectivity index (χ3n) is 5.28. The lowest BCUT2D eigenvalue weighted by molar-refractivity contribution is -0.136. The summed E-state index contributed by atoms with van der Waals surface area (Å²) < 4.78 is 13.7. The highest BCUT2D eigenvalue weighted by atomic mass is 127. The van der Waals surface area contributed by atoms with E-state index in [1.165, 1.54) is 17.8 Å². The van der Waals surface area contributed by atoms with Crippen molar-refractivity contribution in [1.29, 1.82) is 0 Å². The molecule has 0 radical (unpaired) electrons. The third kappa shape index (κ3) is 8.61. The predicted molar refractivity (Wildman–Crippen MR) is 135 cm³/mol. The highest BCUT2D eigenvalue weighted by molar-refractivity contribution is 14.0. The van der Waals surface area contributed by atoms with Gasteiger partial charge in [0.15, 0.2) is 5.96 Å². The molecule has 30 heavy (non-hydrogen) atoms. The number of aliphatic imine (C=N–C) groups is 1. The van der Waals surface area contributed by atoms with Crippen LogP contribution in [0.15, 0.2) is 34.2 Å². The highest BCUT2D eigenvalue weighted by Crippen LogP contribution is 2.21. The van der Waals surface area contributed by atoms with Gasteiger partial charge < -0.3 is 15.5 Å². The molecule has 0 bridgehead atoms. The Hall–Kier alpha value is -1.03. The molecule has 0 saturated carbocycles. The van der Waals surface area contributed by atoms with Crippen molar-refractivity contribution in [3.63, 3.8) is 0 Å². The summed E-state index contributed by atoms with van der Waals surface area (Å²) in [5.74, 6) is 1.80. The fourth-order valence-electron chi connectivity index (χ4n) is 3.53. The van der Waals surface area contributed by atoms with Crippen LogP contribution in [0.25, 0.3) is 0 Å². The maximum Gasteiger partial charge on any atom is 0.225 e. The van der Waals surface area contributed by atoms with Gasteiger partial charge in [0, 0.05) is 42.2 Å². The number of piperidine rings is 1. The van der Waals surface area contributed by atoms with Crippen LogP contribution in [0, 0.1) is 11.7 Å². The second-order valence-electron chi connectivity index (χ2n) is 7.30. The maximum absolute atomic E-state index is 13.7. The molecular weight excluding hydrogens is 514 g/mol. The van der Waals surface area contributed by atoms with Crippen LogP contribution in [0.4, 0.5) is 4.39 Å². The van der Waals surface area contributed by atoms with Gasteiger partial charge in [0.1, 0.15) is 5.82 Å². The number of carbonyl (C=O) groups is 1. The van der Waals surface area contributed by atoms with E-state index in [1.807, 2.05) is 17.9 Å². The van der Waals surface area contributed by atoms with Gasteiger partial charge in [-0.05, 0) is 44.7 Å². The highest BCUT2D eigenvalue weighted by Gasteiger charge is 2.26. The molecule has 0 spiro atoms. The lowest BCUT2D eigenvalue weighted by Crippen LogP contribution is -2.50. The number of likely N-dealkylation sites (tertiary alicyclic amines) is 1. The lowest BCUT2D eigenvalue weighted by atomic mass is 9.98. The second-order valence-corrected chi connectivity index (χ2v) is 8.43. The Labute approximate surface area is 202 Å². The van der Waals surface area contributed by atoms with Crippen LogP contribution in [0.3, 0.4) is 0 Å². The number of amides is 1. The Kier molecular flexibility index (Phi) is 13.4. The summed E-state index contributed by atoms with van der Waals surface area (Å²) in [7, 11) is 0. The first kappa shape index (κ1) is 27.0. The van der Waals surface area contributed by atoms with E-state index in [2.05, 4.69) is 29.5 Å². The number of carbonyl (C=O) groups excluding carboxylic acids is 1. The van der Waals surface area contributed by atoms with Crippen LogP contribution < -0.4 is 10.6 Å². The van der Waals surface area contributed by atoms with E-state index in [4.69, 9.17) is 0 Å². The van der Waals surface area contributed by atoms with Crippen LogP contribution in [0.5, 0.6) is 0 Å². The standard InChI is InChI=1S/C22H35FN4OS.HI/c1-4-17(5-2)21(28)27-14-11-18(12-15-27)26-22(24-6-3)25-13-16-29-20-10-8-7-9-19(20)23;/h7-10,17-18H,4-6,11-16H2,1-3H3,(H2,24,25,26);1H. The van der Waals surface area contributed by atoms with Crippen LogP contribution in [-0.4, -0.2) is 54.7 Å². The Morgan fingerprint density at radius 1 is 1.23 bits per heavy atom. The average Bonchev–Trinajstić information content (AvgIpc) is 2.73. The van der Waals surface area contributed by atoms with Crippen molar-refractivity contribution in [1.82, 2.24) is 15.5 Å². The van der Waals surface area contributed by atoms with E-state index in [-0.39, 0.29) is 35.7 Å². The summed E-state index contributed by atoms with van der Waals surface area (Å²) in [6.45, 7) is 9.22. The van der Waals surface area contributed by atoms with E-state index in [1.54, 1.807) is 12.1 Å². The van der Waals surface area contributed by atoms with Gasteiger partial charge in [0.25, 0.3) is 0 Å². The molecule has 1 saturated heterocycles. The zero-order valence-corrected chi connectivity index (χ0v) is 21.5. The minimum absolute atomic E-state index is 0. The fraction of sp³-hybridized carbons (Fsp3) is 0.636. The number of rotatable bonds is 9. The first-order valence-electron chi connectivity index (χ1n) is 10.8. The average molecular weight is 551 g/mol. The molecule has 0 aromatic heterocycles. The molecule has 2 rings (SSSR count). The van der Waals surface area contributed by atoms with Crippen molar-refractivity contribution in [2.24, 2.45) is 10.9 Å². The number of guanidine groups is 1. The van der Waals surface area contributed by atoms with Crippen LogP contribution >= 0.6 is 35.7 Å². The van der Waals surface area contributed by atoms with E-state index in [0.717, 1.165) is 57.0 Å². The van der Waals surface area contributed by atoms with E-state index >= 15 is 0 Å². The van der Waals surface area contributed by atoms with Gasteiger partial charge in [-0.2, -0.15) is 0 Å². The molecule has 1 amide bonds. The summed E-state index contributed by atoms with van der Waals surface area (Å²) in [4.78, 5) is 19.9. The summed E-state index contributed by atoms with van der Waals surface area (Å²) >= 11 is 1.48. The van der Waals surface area contributed by atoms with E-state index < -0.39 is 0 Å². The number of nitrogens with one attached hydrogen (secondary N) is 2.